The van der Waals surface area contributed by atoms with Crippen molar-refractivity contribution in [2.45, 2.75) is 0 Å². The molecule has 16 heavy (non-hydrogen) atoms. The molecule has 0 aliphatic heterocycles. The van der Waals surface area contributed by atoms with Crippen LogP contribution in [0.2, 0.25) is 0 Å². The maximum atomic E-state index is 11.3. The van der Waals surface area contributed by atoms with Crippen LogP contribution in [0.5, 0.6) is 0 Å². The van der Waals surface area contributed by atoms with Crippen LogP contribution in [0.25, 0.3) is 21.7 Å². The molecule has 0 spiro atoms. The molecule has 0 amide bonds. The van der Waals surface area contributed by atoms with Gasteiger partial charge in [0.1, 0.15) is 5.01 Å². The summed E-state index contributed by atoms with van der Waals surface area (Å²) >= 11 is 1.57. The van der Waals surface area contributed by atoms with E-state index in [4.69, 9.17) is 4.42 Å². The van der Waals surface area contributed by atoms with Gasteiger partial charge in [0.05, 0.1) is 5.52 Å². The topological polar surface area (TPSA) is 48.0 Å². The normalized spacial score (nSPS) is 11.1. The molecule has 1 aromatic carbocycles. The van der Waals surface area contributed by atoms with Crippen LogP contribution in [-0.4, -0.2) is 9.55 Å². The second kappa shape index (κ2) is 3.31. The number of aryl methyl sites for hydroxylation is 1. The molecule has 0 atom stereocenters. The van der Waals surface area contributed by atoms with Crippen molar-refractivity contribution >= 4 is 22.4 Å². The highest BCUT2D eigenvalue weighted by Crippen LogP contribution is 2.25. The number of hydrogen-bond donors (Lipinski definition) is 0. The molecule has 0 aliphatic carbocycles. The fraction of sp³-hybridized carbons (Fsp3) is 0.0909. The molecule has 0 saturated heterocycles. The molecule has 5 heteroatoms. The monoisotopic (exact) mass is 232 g/mol. The van der Waals surface area contributed by atoms with E-state index in [2.05, 4.69) is 4.98 Å². The molecule has 0 radical (unpaired) electrons. The van der Waals surface area contributed by atoms with E-state index in [0.29, 0.717) is 5.58 Å². The van der Waals surface area contributed by atoms with Crippen LogP contribution >= 0.6 is 11.3 Å². The Bertz CT molecular complexity index is 694. The highest BCUT2D eigenvalue weighted by Gasteiger charge is 2.08. The van der Waals surface area contributed by atoms with E-state index >= 15 is 0 Å². The molecule has 3 aromatic rings. The van der Waals surface area contributed by atoms with E-state index in [9.17, 15) is 4.79 Å². The Morgan fingerprint density at radius 3 is 3.06 bits per heavy atom. The Kier molecular flexibility index (Phi) is 1.94. The second-order valence-electron chi connectivity index (χ2n) is 3.45. The summed E-state index contributed by atoms with van der Waals surface area (Å²) in [5.74, 6) is -0.341. The van der Waals surface area contributed by atoms with Gasteiger partial charge in [-0.05, 0) is 18.2 Å². The van der Waals surface area contributed by atoms with Crippen LogP contribution in [0.1, 0.15) is 0 Å². The number of nitrogens with zero attached hydrogens (tertiary/aromatic N) is 2. The Morgan fingerprint density at radius 2 is 2.31 bits per heavy atom. The van der Waals surface area contributed by atoms with Crippen molar-refractivity contribution in [1.82, 2.24) is 9.55 Å². The summed E-state index contributed by atoms with van der Waals surface area (Å²) in [6, 6.07) is 5.62. The fourth-order valence-electron chi connectivity index (χ4n) is 1.63. The van der Waals surface area contributed by atoms with Crippen molar-refractivity contribution < 1.29 is 4.42 Å². The minimum atomic E-state index is -0.341. The minimum Gasteiger partial charge on any atom is -0.408 e. The van der Waals surface area contributed by atoms with Crippen molar-refractivity contribution in [3.63, 3.8) is 0 Å². The smallest absolute Gasteiger partial charge is 0.408 e. The zero-order chi connectivity index (χ0) is 11.1. The first-order valence-electron chi connectivity index (χ1n) is 4.75. The Labute approximate surface area is 94.8 Å². The fourth-order valence-corrected chi connectivity index (χ4v) is 2.26. The summed E-state index contributed by atoms with van der Waals surface area (Å²) in [5.41, 5.74) is 2.39. The van der Waals surface area contributed by atoms with Gasteiger partial charge in [0.25, 0.3) is 0 Å². The third-order valence-corrected chi connectivity index (χ3v) is 3.29. The Hall–Kier alpha value is -1.88. The van der Waals surface area contributed by atoms with Gasteiger partial charge in [-0.25, -0.2) is 9.78 Å². The van der Waals surface area contributed by atoms with Crippen LogP contribution in [0, 0.1) is 0 Å². The summed E-state index contributed by atoms with van der Waals surface area (Å²) in [6.45, 7) is 0. The lowest BCUT2D eigenvalue weighted by Crippen LogP contribution is -2.08. The Balaban J connectivity index is 2.30. The number of rotatable bonds is 1. The number of fused-ring (bicyclic) bond motifs is 1. The molecule has 0 unspecified atom stereocenters. The maximum absolute atomic E-state index is 11.3. The summed E-state index contributed by atoms with van der Waals surface area (Å²) in [4.78, 5) is 15.5. The lowest BCUT2D eigenvalue weighted by molar-refractivity contribution is 0.528. The first kappa shape index (κ1) is 9.35. The quantitative estimate of drug-likeness (QED) is 0.646. The van der Waals surface area contributed by atoms with E-state index in [1.807, 2.05) is 17.5 Å². The van der Waals surface area contributed by atoms with Crippen LogP contribution in [0.4, 0.5) is 0 Å². The maximum Gasteiger partial charge on any atom is 0.419 e. The van der Waals surface area contributed by atoms with Gasteiger partial charge >= 0.3 is 5.76 Å². The van der Waals surface area contributed by atoms with E-state index < -0.39 is 0 Å². The molecule has 0 N–H and O–H groups in total. The highest BCUT2D eigenvalue weighted by molar-refractivity contribution is 7.13. The lowest BCUT2D eigenvalue weighted by Gasteiger charge is -1.96. The van der Waals surface area contributed by atoms with Crippen LogP contribution in [0.15, 0.2) is 39.0 Å². The summed E-state index contributed by atoms with van der Waals surface area (Å²) in [5, 5.41) is 2.86. The molecule has 0 aliphatic rings. The zero-order valence-corrected chi connectivity index (χ0v) is 9.32. The molecular formula is C11H8N2O2S. The molecule has 80 valence electrons. The minimum absolute atomic E-state index is 0.341. The average molecular weight is 232 g/mol. The summed E-state index contributed by atoms with van der Waals surface area (Å²) in [6.07, 6.45) is 1.76. The SMILES string of the molecule is Cn1c(=O)oc2ccc(-c3nccs3)cc21. The van der Waals surface area contributed by atoms with Gasteiger partial charge in [-0.15, -0.1) is 11.3 Å². The molecule has 2 aromatic heterocycles. The third-order valence-electron chi connectivity index (χ3n) is 2.47. The average Bonchev–Trinajstić information content (AvgIpc) is 2.89. The van der Waals surface area contributed by atoms with Crippen LogP contribution < -0.4 is 5.76 Å². The lowest BCUT2D eigenvalue weighted by atomic mass is 10.2. The van der Waals surface area contributed by atoms with Gasteiger partial charge in [-0.1, -0.05) is 0 Å². The van der Waals surface area contributed by atoms with E-state index in [0.717, 1.165) is 16.1 Å². The largest absolute Gasteiger partial charge is 0.419 e. The van der Waals surface area contributed by atoms with Gasteiger partial charge in [0.2, 0.25) is 0 Å². The molecular weight excluding hydrogens is 224 g/mol. The Morgan fingerprint density at radius 1 is 1.44 bits per heavy atom. The van der Waals surface area contributed by atoms with Crippen molar-refractivity contribution in [3.8, 4) is 10.6 Å². The number of oxazole rings is 1. The number of thiazole rings is 1. The molecule has 3 rings (SSSR count). The molecule has 0 fully saturated rings. The van der Waals surface area contributed by atoms with E-state index in [1.165, 1.54) is 4.57 Å². The predicted octanol–water partition coefficient (Wildman–Crippen LogP) is 2.25. The van der Waals surface area contributed by atoms with Gasteiger partial charge in [-0.2, -0.15) is 0 Å². The number of aromatic nitrogens is 2. The van der Waals surface area contributed by atoms with Crippen molar-refractivity contribution in [1.29, 1.82) is 0 Å². The van der Waals surface area contributed by atoms with Crippen LogP contribution in [-0.2, 0) is 7.05 Å². The molecule has 4 nitrogen and oxygen atoms in total. The highest BCUT2D eigenvalue weighted by atomic mass is 32.1. The summed E-state index contributed by atoms with van der Waals surface area (Å²) in [7, 11) is 1.69. The van der Waals surface area contributed by atoms with Crippen molar-refractivity contribution in [3.05, 3.63) is 40.3 Å². The van der Waals surface area contributed by atoms with Gasteiger partial charge in [-0.3, -0.25) is 4.57 Å². The molecule has 0 saturated carbocycles. The molecule has 2 heterocycles. The molecule has 0 bridgehead atoms. The van der Waals surface area contributed by atoms with Crippen LogP contribution in [0.3, 0.4) is 0 Å². The number of benzene rings is 1. The van der Waals surface area contributed by atoms with E-state index in [1.54, 1.807) is 30.6 Å². The van der Waals surface area contributed by atoms with Crippen molar-refractivity contribution in [2.24, 2.45) is 7.05 Å². The summed E-state index contributed by atoms with van der Waals surface area (Å²) < 4.78 is 6.55. The van der Waals surface area contributed by atoms with Gasteiger partial charge in [0.15, 0.2) is 5.58 Å². The van der Waals surface area contributed by atoms with Crippen molar-refractivity contribution in [2.75, 3.05) is 0 Å². The predicted molar refractivity (Wildman–Crippen MR) is 62.6 cm³/mol. The van der Waals surface area contributed by atoms with Gasteiger partial charge < -0.3 is 4.42 Å². The second-order valence-corrected chi connectivity index (χ2v) is 4.34. The number of hydrogen-bond acceptors (Lipinski definition) is 4. The first-order chi connectivity index (χ1) is 7.75. The first-order valence-corrected chi connectivity index (χ1v) is 5.63. The third kappa shape index (κ3) is 1.29. The zero-order valence-electron chi connectivity index (χ0n) is 8.51. The van der Waals surface area contributed by atoms with Gasteiger partial charge in [0, 0.05) is 24.2 Å². The standard InChI is InChI=1S/C11H8N2O2S/c1-13-8-6-7(10-12-4-5-16-10)2-3-9(8)15-11(13)14/h2-6H,1H3. The van der Waals surface area contributed by atoms with E-state index in [-0.39, 0.29) is 5.76 Å².